The molecule has 2 aromatic rings. The van der Waals surface area contributed by atoms with E-state index in [-0.39, 0.29) is 5.91 Å². The standard InChI is InChI=1S/C22H23BrN2O2/c1-27-20-10-6-18(7-11-20)21(26)25-15-22(16-25)13-24(14-22)12-2-3-17-4-8-19(23)9-5-17/h2-11H,12-16H2,1H3/b3-2+. The number of methoxy groups -OCH3 is 1. The van der Waals surface area contributed by atoms with Crippen molar-refractivity contribution in [1.29, 1.82) is 0 Å². The predicted molar refractivity (Wildman–Crippen MR) is 111 cm³/mol. The van der Waals surface area contributed by atoms with Crippen molar-refractivity contribution in [3.05, 3.63) is 70.2 Å². The Balaban J connectivity index is 1.22. The zero-order chi connectivity index (χ0) is 18.9. The van der Waals surface area contributed by atoms with Gasteiger partial charge in [0.2, 0.25) is 0 Å². The first-order valence-corrected chi connectivity index (χ1v) is 9.94. The van der Waals surface area contributed by atoms with Gasteiger partial charge in [0.1, 0.15) is 5.75 Å². The molecule has 5 heteroatoms. The molecule has 2 aliphatic rings. The van der Waals surface area contributed by atoms with E-state index in [9.17, 15) is 4.79 Å². The first-order chi connectivity index (χ1) is 13.1. The van der Waals surface area contributed by atoms with E-state index in [0.29, 0.717) is 5.41 Å². The molecule has 2 aromatic carbocycles. The Morgan fingerprint density at radius 1 is 1.07 bits per heavy atom. The maximum Gasteiger partial charge on any atom is 0.253 e. The Hall–Kier alpha value is -2.11. The number of amides is 1. The normalized spacial score (nSPS) is 18.4. The molecule has 0 aliphatic carbocycles. The second-order valence-corrected chi connectivity index (χ2v) is 8.43. The number of halogens is 1. The van der Waals surface area contributed by atoms with Crippen LogP contribution in [0.4, 0.5) is 0 Å². The number of ether oxygens (including phenoxy) is 1. The van der Waals surface area contributed by atoms with Gasteiger partial charge in [-0.3, -0.25) is 9.69 Å². The lowest BCUT2D eigenvalue weighted by molar-refractivity contribution is -0.0933. The molecule has 4 rings (SSSR count). The first kappa shape index (κ1) is 18.3. The summed E-state index contributed by atoms with van der Waals surface area (Å²) in [6.45, 7) is 4.84. The molecular weight excluding hydrogens is 404 g/mol. The van der Waals surface area contributed by atoms with Crippen molar-refractivity contribution < 1.29 is 9.53 Å². The van der Waals surface area contributed by atoms with Gasteiger partial charge in [-0.2, -0.15) is 0 Å². The summed E-state index contributed by atoms with van der Waals surface area (Å²) in [4.78, 5) is 16.9. The van der Waals surface area contributed by atoms with Crippen molar-refractivity contribution in [3.8, 4) is 5.75 Å². The second kappa shape index (κ2) is 7.49. The van der Waals surface area contributed by atoms with Crippen LogP contribution in [-0.2, 0) is 0 Å². The van der Waals surface area contributed by atoms with Gasteiger partial charge < -0.3 is 9.64 Å². The predicted octanol–water partition coefficient (Wildman–Crippen LogP) is 3.93. The van der Waals surface area contributed by atoms with Gasteiger partial charge >= 0.3 is 0 Å². The molecular formula is C22H23BrN2O2. The highest BCUT2D eigenvalue weighted by Crippen LogP contribution is 2.40. The minimum absolute atomic E-state index is 0.122. The number of rotatable bonds is 5. The van der Waals surface area contributed by atoms with Crippen molar-refractivity contribution in [2.45, 2.75) is 0 Å². The van der Waals surface area contributed by atoms with E-state index >= 15 is 0 Å². The van der Waals surface area contributed by atoms with E-state index < -0.39 is 0 Å². The Morgan fingerprint density at radius 3 is 2.37 bits per heavy atom. The van der Waals surface area contributed by atoms with E-state index in [1.54, 1.807) is 7.11 Å². The number of hydrogen-bond acceptors (Lipinski definition) is 3. The minimum atomic E-state index is 0.122. The van der Waals surface area contributed by atoms with Gasteiger partial charge in [-0.25, -0.2) is 0 Å². The molecule has 0 unspecified atom stereocenters. The monoisotopic (exact) mass is 426 g/mol. The molecule has 4 nitrogen and oxygen atoms in total. The molecule has 27 heavy (non-hydrogen) atoms. The highest BCUT2D eigenvalue weighted by molar-refractivity contribution is 9.10. The Labute approximate surface area is 168 Å². The topological polar surface area (TPSA) is 32.8 Å². The lowest BCUT2D eigenvalue weighted by atomic mass is 9.72. The number of hydrogen-bond donors (Lipinski definition) is 0. The summed E-state index contributed by atoms with van der Waals surface area (Å²) in [5.41, 5.74) is 2.26. The molecule has 2 saturated heterocycles. The number of benzene rings is 2. The third-order valence-electron chi connectivity index (χ3n) is 5.34. The zero-order valence-corrected chi connectivity index (χ0v) is 17.0. The molecule has 0 atom stereocenters. The molecule has 140 valence electrons. The highest BCUT2D eigenvalue weighted by atomic mass is 79.9. The zero-order valence-electron chi connectivity index (χ0n) is 15.4. The third kappa shape index (κ3) is 3.94. The van der Waals surface area contributed by atoms with Crippen LogP contribution in [-0.4, -0.2) is 55.5 Å². The molecule has 2 heterocycles. The molecule has 2 aliphatic heterocycles. The van der Waals surface area contributed by atoms with Crippen LogP contribution in [0.2, 0.25) is 0 Å². The van der Waals surface area contributed by atoms with Crippen LogP contribution in [0.25, 0.3) is 6.08 Å². The minimum Gasteiger partial charge on any atom is -0.497 e. The Kier molecular flexibility index (Phi) is 5.06. The van der Waals surface area contributed by atoms with Crippen molar-refractivity contribution >= 4 is 27.9 Å². The summed E-state index contributed by atoms with van der Waals surface area (Å²) in [7, 11) is 1.63. The average Bonchev–Trinajstić information content (AvgIpc) is 2.63. The van der Waals surface area contributed by atoms with Gasteiger partial charge in [0, 0.05) is 48.2 Å². The van der Waals surface area contributed by atoms with Gasteiger partial charge in [-0.1, -0.05) is 40.2 Å². The maximum absolute atomic E-state index is 12.5. The van der Waals surface area contributed by atoms with Crippen LogP contribution < -0.4 is 4.74 Å². The van der Waals surface area contributed by atoms with E-state index in [4.69, 9.17) is 4.74 Å². The SMILES string of the molecule is COc1ccc(C(=O)N2CC3(CN(C/C=C/c4ccc(Br)cc4)C3)C2)cc1. The summed E-state index contributed by atoms with van der Waals surface area (Å²) in [5.74, 6) is 0.898. The van der Waals surface area contributed by atoms with Gasteiger partial charge in [0.15, 0.2) is 0 Å². The lowest BCUT2D eigenvalue weighted by Crippen LogP contribution is -2.72. The van der Waals surface area contributed by atoms with Gasteiger partial charge in [-0.15, -0.1) is 0 Å². The summed E-state index contributed by atoms with van der Waals surface area (Å²) < 4.78 is 6.25. The fourth-order valence-electron chi connectivity index (χ4n) is 3.97. The number of likely N-dealkylation sites (tertiary alicyclic amines) is 2. The largest absolute Gasteiger partial charge is 0.497 e. The highest BCUT2D eigenvalue weighted by Gasteiger charge is 2.52. The van der Waals surface area contributed by atoms with E-state index in [1.807, 2.05) is 29.2 Å². The number of carbonyl (C=O) groups is 1. The van der Waals surface area contributed by atoms with Crippen molar-refractivity contribution in [1.82, 2.24) is 9.80 Å². The summed E-state index contributed by atoms with van der Waals surface area (Å²) in [6.07, 6.45) is 4.38. The summed E-state index contributed by atoms with van der Waals surface area (Å²) in [6, 6.07) is 15.7. The third-order valence-corrected chi connectivity index (χ3v) is 5.87. The van der Waals surface area contributed by atoms with Crippen molar-refractivity contribution in [3.63, 3.8) is 0 Å². The number of carbonyl (C=O) groups excluding carboxylic acids is 1. The van der Waals surface area contributed by atoms with Crippen LogP contribution >= 0.6 is 15.9 Å². The van der Waals surface area contributed by atoms with Gasteiger partial charge in [0.25, 0.3) is 5.91 Å². The molecule has 1 spiro atoms. The molecule has 0 N–H and O–H groups in total. The van der Waals surface area contributed by atoms with Crippen LogP contribution in [0, 0.1) is 5.41 Å². The Bertz CT molecular complexity index is 832. The average molecular weight is 427 g/mol. The van der Waals surface area contributed by atoms with Crippen LogP contribution in [0.5, 0.6) is 5.75 Å². The van der Waals surface area contributed by atoms with Gasteiger partial charge in [0.05, 0.1) is 7.11 Å². The quantitative estimate of drug-likeness (QED) is 0.725. The lowest BCUT2D eigenvalue weighted by Gasteiger charge is -2.60. The van der Waals surface area contributed by atoms with Gasteiger partial charge in [-0.05, 0) is 42.0 Å². The Morgan fingerprint density at radius 2 is 1.74 bits per heavy atom. The number of nitrogens with zero attached hydrogens (tertiary/aromatic N) is 2. The molecule has 0 aromatic heterocycles. The maximum atomic E-state index is 12.5. The molecule has 2 fully saturated rings. The van der Waals surface area contributed by atoms with Crippen LogP contribution in [0.3, 0.4) is 0 Å². The summed E-state index contributed by atoms with van der Waals surface area (Å²) in [5, 5.41) is 0. The fraction of sp³-hybridized carbons (Fsp3) is 0.318. The second-order valence-electron chi connectivity index (χ2n) is 7.51. The molecule has 0 bridgehead atoms. The smallest absolute Gasteiger partial charge is 0.253 e. The first-order valence-electron chi connectivity index (χ1n) is 9.15. The van der Waals surface area contributed by atoms with Crippen molar-refractivity contribution in [2.24, 2.45) is 5.41 Å². The van der Waals surface area contributed by atoms with Crippen LogP contribution in [0.1, 0.15) is 15.9 Å². The van der Waals surface area contributed by atoms with E-state index in [2.05, 4.69) is 57.2 Å². The fourth-order valence-corrected chi connectivity index (χ4v) is 4.23. The molecule has 0 saturated carbocycles. The van der Waals surface area contributed by atoms with E-state index in [1.165, 1.54) is 5.56 Å². The van der Waals surface area contributed by atoms with Crippen LogP contribution in [0.15, 0.2) is 59.1 Å². The molecule has 1 amide bonds. The van der Waals surface area contributed by atoms with E-state index in [0.717, 1.165) is 48.5 Å². The van der Waals surface area contributed by atoms with Crippen molar-refractivity contribution in [2.75, 3.05) is 39.8 Å². The molecule has 0 radical (unpaired) electrons. The summed E-state index contributed by atoms with van der Waals surface area (Å²) >= 11 is 3.45.